The molecule has 0 saturated heterocycles. The highest BCUT2D eigenvalue weighted by Crippen LogP contribution is 2.31. The van der Waals surface area contributed by atoms with Gasteiger partial charge in [0.2, 0.25) is 5.78 Å². The van der Waals surface area contributed by atoms with E-state index in [-0.39, 0.29) is 5.78 Å². The lowest BCUT2D eigenvalue weighted by Gasteiger charge is -2.07. The van der Waals surface area contributed by atoms with E-state index in [1.807, 2.05) is 31.2 Å². The molecule has 2 heterocycles. The quantitative estimate of drug-likeness (QED) is 0.691. The lowest BCUT2D eigenvalue weighted by Crippen LogP contribution is -2.06. The minimum absolute atomic E-state index is 0.0689. The molecule has 126 valence electrons. The van der Waals surface area contributed by atoms with Crippen molar-refractivity contribution in [3.63, 3.8) is 0 Å². The predicted octanol–water partition coefficient (Wildman–Crippen LogP) is 3.91. The van der Waals surface area contributed by atoms with Gasteiger partial charge in [0.15, 0.2) is 0 Å². The van der Waals surface area contributed by atoms with E-state index in [1.165, 1.54) is 5.69 Å². The SMILES string of the molecule is COc1ccc(C(=O)c2cc3cc(C)n(CCCN)c3s2)c(C)c1. The number of carbonyl (C=O) groups excluding carboxylic acids is 1. The molecule has 0 aliphatic heterocycles. The molecule has 0 atom stereocenters. The van der Waals surface area contributed by atoms with Crippen molar-refractivity contribution in [1.29, 1.82) is 0 Å². The molecule has 0 fully saturated rings. The Balaban J connectivity index is 1.97. The lowest BCUT2D eigenvalue weighted by molar-refractivity contribution is 0.104. The van der Waals surface area contributed by atoms with Crippen molar-refractivity contribution in [2.45, 2.75) is 26.8 Å². The van der Waals surface area contributed by atoms with Gasteiger partial charge in [-0.2, -0.15) is 0 Å². The topological polar surface area (TPSA) is 57.2 Å². The van der Waals surface area contributed by atoms with Crippen molar-refractivity contribution < 1.29 is 9.53 Å². The molecule has 5 heteroatoms. The minimum Gasteiger partial charge on any atom is -0.497 e. The normalized spacial score (nSPS) is 11.2. The number of aryl methyl sites for hydroxylation is 3. The number of benzene rings is 1. The van der Waals surface area contributed by atoms with Crippen LogP contribution in [0.1, 0.15) is 32.9 Å². The second kappa shape index (κ2) is 6.79. The summed E-state index contributed by atoms with van der Waals surface area (Å²) < 4.78 is 7.47. The molecule has 0 saturated carbocycles. The van der Waals surface area contributed by atoms with E-state index in [9.17, 15) is 4.79 Å². The molecule has 0 amide bonds. The first-order chi connectivity index (χ1) is 11.5. The first kappa shape index (κ1) is 16.7. The van der Waals surface area contributed by atoms with Crippen LogP contribution in [0.3, 0.4) is 0 Å². The average Bonchev–Trinajstić information content (AvgIpc) is 3.09. The maximum absolute atomic E-state index is 12.9. The molecule has 0 aliphatic rings. The van der Waals surface area contributed by atoms with Gasteiger partial charge in [0.1, 0.15) is 10.6 Å². The molecule has 0 radical (unpaired) electrons. The number of ether oxygens (including phenoxy) is 1. The summed E-state index contributed by atoms with van der Waals surface area (Å²) in [4.78, 5) is 14.8. The Morgan fingerprint density at radius 3 is 2.71 bits per heavy atom. The van der Waals surface area contributed by atoms with Crippen LogP contribution in [0.5, 0.6) is 5.75 Å². The van der Waals surface area contributed by atoms with Gasteiger partial charge in [-0.1, -0.05) is 0 Å². The highest BCUT2D eigenvalue weighted by molar-refractivity contribution is 7.20. The summed E-state index contributed by atoms with van der Waals surface area (Å²) in [6, 6.07) is 9.71. The third-order valence-electron chi connectivity index (χ3n) is 4.26. The van der Waals surface area contributed by atoms with Crippen LogP contribution >= 0.6 is 11.3 Å². The van der Waals surface area contributed by atoms with Gasteiger partial charge in [-0.3, -0.25) is 4.79 Å². The Kier molecular flexibility index (Phi) is 4.73. The number of hydrogen-bond acceptors (Lipinski definition) is 4. The minimum atomic E-state index is 0.0689. The van der Waals surface area contributed by atoms with Gasteiger partial charge in [-0.05, 0) is 62.7 Å². The Hall–Kier alpha value is -2.11. The van der Waals surface area contributed by atoms with Crippen molar-refractivity contribution in [1.82, 2.24) is 4.57 Å². The zero-order valence-corrected chi connectivity index (χ0v) is 15.1. The Bertz CT molecular complexity index is 892. The van der Waals surface area contributed by atoms with E-state index in [0.29, 0.717) is 6.54 Å². The summed E-state index contributed by atoms with van der Waals surface area (Å²) in [6.45, 7) is 5.59. The van der Waals surface area contributed by atoms with Gasteiger partial charge in [-0.25, -0.2) is 0 Å². The monoisotopic (exact) mass is 342 g/mol. The molecule has 3 rings (SSSR count). The summed E-state index contributed by atoms with van der Waals surface area (Å²) in [5, 5.41) is 1.13. The Labute approximate surface area is 145 Å². The number of hydrogen-bond donors (Lipinski definition) is 1. The second-order valence-corrected chi connectivity index (χ2v) is 6.99. The van der Waals surface area contributed by atoms with Crippen molar-refractivity contribution >= 4 is 27.3 Å². The van der Waals surface area contributed by atoms with Crippen molar-refractivity contribution in [3.05, 3.63) is 52.0 Å². The van der Waals surface area contributed by atoms with Crippen LogP contribution in [0, 0.1) is 13.8 Å². The van der Waals surface area contributed by atoms with Crippen molar-refractivity contribution in [2.24, 2.45) is 5.73 Å². The third-order valence-corrected chi connectivity index (χ3v) is 5.44. The van der Waals surface area contributed by atoms with E-state index in [4.69, 9.17) is 10.5 Å². The largest absolute Gasteiger partial charge is 0.497 e. The standard InChI is InChI=1S/C19H22N2O2S/c1-12-9-15(23-3)5-6-16(12)18(22)17-11-14-10-13(2)21(8-4-7-20)19(14)24-17/h5-6,9-11H,4,7-8,20H2,1-3H3. The van der Waals surface area contributed by atoms with E-state index >= 15 is 0 Å². The molecule has 0 bridgehead atoms. The molecule has 2 N–H and O–H groups in total. The second-order valence-electron chi connectivity index (χ2n) is 5.96. The number of methoxy groups -OCH3 is 1. The number of fused-ring (bicyclic) bond motifs is 1. The highest BCUT2D eigenvalue weighted by Gasteiger charge is 2.18. The fraction of sp³-hybridized carbons (Fsp3) is 0.316. The molecule has 4 nitrogen and oxygen atoms in total. The number of ketones is 1. The number of carbonyl (C=O) groups is 1. The first-order valence-electron chi connectivity index (χ1n) is 8.04. The summed E-state index contributed by atoms with van der Waals surface area (Å²) in [6.07, 6.45) is 0.934. The highest BCUT2D eigenvalue weighted by atomic mass is 32.1. The van der Waals surface area contributed by atoms with E-state index < -0.39 is 0 Å². The summed E-state index contributed by atoms with van der Waals surface area (Å²) in [5.41, 5.74) is 8.50. The fourth-order valence-electron chi connectivity index (χ4n) is 2.96. The van der Waals surface area contributed by atoms with Crippen LogP contribution in [0.4, 0.5) is 0 Å². The van der Waals surface area contributed by atoms with E-state index in [1.54, 1.807) is 18.4 Å². The zero-order valence-electron chi connectivity index (χ0n) is 14.3. The van der Waals surface area contributed by atoms with Gasteiger partial charge in [0, 0.05) is 23.2 Å². The number of nitrogens with zero attached hydrogens (tertiary/aromatic N) is 1. The van der Waals surface area contributed by atoms with Crippen LogP contribution in [-0.4, -0.2) is 24.0 Å². The molecule has 24 heavy (non-hydrogen) atoms. The number of aromatic nitrogens is 1. The van der Waals surface area contributed by atoms with Crippen LogP contribution in [-0.2, 0) is 6.54 Å². The number of nitrogens with two attached hydrogens (primary N) is 1. The predicted molar refractivity (Wildman–Crippen MR) is 99.4 cm³/mol. The maximum Gasteiger partial charge on any atom is 0.203 e. The molecule has 0 spiro atoms. The molecule has 1 aromatic carbocycles. The van der Waals surface area contributed by atoms with Crippen molar-refractivity contribution in [2.75, 3.05) is 13.7 Å². The summed E-state index contributed by atoms with van der Waals surface area (Å²) in [5.74, 6) is 0.837. The summed E-state index contributed by atoms with van der Waals surface area (Å²) in [7, 11) is 1.63. The summed E-state index contributed by atoms with van der Waals surface area (Å²) >= 11 is 1.56. The van der Waals surface area contributed by atoms with Crippen molar-refractivity contribution in [3.8, 4) is 5.75 Å². The van der Waals surface area contributed by atoms with E-state index in [2.05, 4.69) is 17.6 Å². The van der Waals surface area contributed by atoms with Gasteiger partial charge in [0.05, 0.1) is 12.0 Å². The van der Waals surface area contributed by atoms with Crippen LogP contribution in [0.2, 0.25) is 0 Å². The molecule has 0 aliphatic carbocycles. The number of thiophene rings is 1. The van der Waals surface area contributed by atoms with Crippen LogP contribution < -0.4 is 10.5 Å². The molecule has 2 aromatic heterocycles. The smallest absolute Gasteiger partial charge is 0.203 e. The van der Waals surface area contributed by atoms with Gasteiger partial charge >= 0.3 is 0 Å². The van der Waals surface area contributed by atoms with Gasteiger partial charge in [0.25, 0.3) is 0 Å². The fourth-order valence-corrected chi connectivity index (χ4v) is 4.14. The maximum atomic E-state index is 12.9. The third kappa shape index (κ3) is 2.97. The molecule has 3 aromatic rings. The van der Waals surface area contributed by atoms with Gasteiger partial charge in [-0.15, -0.1) is 11.3 Å². The molecular formula is C19H22N2O2S. The van der Waals surface area contributed by atoms with Gasteiger partial charge < -0.3 is 15.0 Å². The number of rotatable bonds is 6. The van der Waals surface area contributed by atoms with Crippen LogP contribution in [0.15, 0.2) is 30.3 Å². The van der Waals surface area contributed by atoms with E-state index in [0.717, 1.165) is 44.9 Å². The average molecular weight is 342 g/mol. The first-order valence-corrected chi connectivity index (χ1v) is 8.86. The molecular weight excluding hydrogens is 320 g/mol. The Morgan fingerprint density at radius 1 is 1.25 bits per heavy atom. The molecule has 0 unspecified atom stereocenters. The zero-order chi connectivity index (χ0) is 17.3. The van der Waals surface area contributed by atoms with Crippen LogP contribution in [0.25, 0.3) is 10.2 Å². The lowest BCUT2D eigenvalue weighted by atomic mass is 10.0. The Morgan fingerprint density at radius 2 is 2.04 bits per heavy atom.